The van der Waals surface area contributed by atoms with Crippen LogP contribution in [0.5, 0.6) is 0 Å². The molecule has 5 nitrogen and oxygen atoms in total. The van der Waals surface area contributed by atoms with E-state index in [0.717, 1.165) is 11.3 Å². The zero-order valence-corrected chi connectivity index (χ0v) is 11.5. The van der Waals surface area contributed by atoms with Gasteiger partial charge in [-0.2, -0.15) is 0 Å². The number of amides is 1. The van der Waals surface area contributed by atoms with Gasteiger partial charge in [0, 0.05) is 25.2 Å². The van der Waals surface area contributed by atoms with Gasteiger partial charge in [-0.25, -0.2) is 0 Å². The zero-order chi connectivity index (χ0) is 14.3. The van der Waals surface area contributed by atoms with Gasteiger partial charge in [-0.05, 0) is 24.6 Å². The first-order valence-electron chi connectivity index (χ1n) is 6.20. The highest BCUT2D eigenvalue weighted by molar-refractivity contribution is 5.88. The Labute approximate surface area is 113 Å². The van der Waals surface area contributed by atoms with E-state index in [-0.39, 0.29) is 17.9 Å². The van der Waals surface area contributed by atoms with Crippen LogP contribution in [-0.4, -0.2) is 25.5 Å². The molecule has 1 amide bonds. The standard InChI is InChI=1S/C14H20N2O3/c1-10(15-8-7-14(18)19-3)12-5-4-6-13(9-12)16-11(2)17/h4-6,9-10,15H,7-8H2,1-3H3,(H,16,17). The lowest BCUT2D eigenvalue weighted by atomic mass is 10.1. The highest BCUT2D eigenvalue weighted by Crippen LogP contribution is 2.17. The molecule has 0 saturated carbocycles. The summed E-state index contributed by atoms with van der Waals surface area (Å²) >= 11 is 0. The summed E-state index contributed by atoms with van der Waals surface area (Å²) in [6.45, 7) is 4.03. The van der Waals surface area contributed by atoms with Crippen molar-refractivity contribution in [3.63, 3.8) is 0 Å². The fourth-order valence-corrected chi connectivity index (χ4v) is 1.70. The molecule has 0 spiro atoms. The number of hydrogen-bond acceptors (Lipinski definition) is 4. The first-order valence-corrected chi connectivity index (χ1v) is 6.20. The molecule has 0 radical (unpaired) electrons. The average molecular weight is 264 g/mol. The summed E-state index contributed by atoms with van der Waals surface area (Å²) in [5, 5.41) is 5.97. The Balaban J connectivity index is 2.54. The second-order valence-corrected chi connectivity index (χ2v) is 4.31. The molecule has 0 saturated heterocycles. The van der Waals surface area contributed by atoms with Crippen molar-refractivity contribution >= 4 is 17.6 Å². The van der Waals surface area contributed by atoms with Crippen LogP contribution >= 0.6 is 0 Å². The van der Waals surface area contributed by atoms with Gasteiger partial charge in [0.15, 0.2) is 0 Å². The minimum Gasteiger partial charge on any atom is -0.469 e. The van der Waals surface area contributed by atoms with Gasteiger partial charge in [0.1, 0.15) is 0 Å². The largest absolute Gasteiger partial charge is 0.469 e. The number of nitrogens with one attached hydrogen (secondary N) is 2. The number of benzene rings is 1. The van der Waals surface area contributed by atoms with E-state index < -0.39 is 0 Å². The fraction of sp³-hybridized carbons (Fsp3) is 0.429. The summed E-state index contributed by atoms with van der Waals surface area (Å²) in [7, 11) is 1.38. The molecule has 1 unspecified atom stereocenters. The van der Waals surface area contributed by atoms with E-state index in [9.17, 15) is 9.59 Å². The van der Waals surface area contributed by atoms with Crippen LogP contribution in [0.1, 0.15) is 31.9 Å². The molecule has 0 aliphatic heterocycles. The number of carbonyl (C=O) groups is 2. The Morgan fingerprint density at radius 1 is 1.37 bits per heavy atom. The van der Waals surface area contributed by atoms with Gasteiger partial charge in [-0.3, -0.25) is 9.59 Å². The lowest BCUT2D eigenvalue weighted by Crippen LogP contribution is -2.22. The molecular weight excluding hydrogens is 244 g/mol. The minimum atomic E-state index is -0.230. The van der Waals surface area contributed by atoms with Gasteiger partial charge in [0.25, 0.3) is 0 Å². The van der Waals surface area contributed by atoms with E-state index in [4.69, 9.17) is 0 Å². The monoisotopic (exact) mass is 264 g/mol. The highest BCUT2D eigenvalue weighted by Gasteiger charge is 2.07. The van der Waals surface area contributed by atoms with Crippen LogP contribution in [0.3, 0.4) is 0 Å². The number of ether oxygens (including phenoxy) is 1. The second-order valence-electron chi connectivity index (χ2n) is 4.31. The van der Waals surface area contributed by atoms with Crippen LogP contribution in [0.15, 0.2) is 24.3 Å². The number of methoxy groups -OCH3 is 1. The van der Waals surface area contributed by atoms with Crippen molar-refractivity contribution in [3.8, 4) is 0 Å². The molecule has 0 fully saturated rings. The van der Waals surface area contributed by atoms with Crippen LogP contribution in [-0.2, 0) is 14.3 Å². The lowest BCUT2D eigenvalue weighted by Gasteiger charge is -2.15. The zero-order valence-electron chi connectivity index (χ0n) is 11.5. The third kappa shape index (κ3) is 5.52. The van der Waals surface area contributed by atoms with Crippen LogP contribution in [0.4, 0.5) is 5.69 Å². The normalized spacial score (nSPS) is 11.7. The van der Waals surface area contributed by atoms with E-state index in [0.29, 0.717) is 13.0 Å². The first kappa shape index (κ1) is 15.2. The first-order chi connectivity index (χ1) is 9.02. The van der Waals surface area contributed by atoms with E-state index in [2.05, 4.69) is 15.4 Å². The lowest BCUT2D eigenvalue weighted by molar-refractivity contribution is -0.140. The van der Waals surface area contributed by atoms with E-state index >= 15 is 0 Å². The quantitative estimate of drug-likeness (QED) is 0.770. The molecule has 0 heterocycles. The van der Waals surface area contributed by atoms with Gasteiger partial charge < -0.3 is 15.4 Å². The molecule has 1 aromatic carbocycles. The van der Waals surface area contributed by atoms with Gasteiger partial charge >= 0.3 is 5.97 Å². The number of esters is 1. The van der Waals surface area contributed by atoms with Crippen molar-refractivity contribution in [1.82, 2.24) is 5.32 Å². The van der Waals surface area contributed by atoms with Crippen LogP contribution in [0, 0.1) is 0 Å². The van der Waals surface area contributed by atoms with E-state index in [1.165, 1.54) is 14.0 Å². The number of rotatable bonds is 6. The molecule has 0 aromatic heterocycles. The SMILES string of the molecule is COC(=O)CCNC(C)c1cccc(NC(C)=O)c1. The predicted octanol–water partition coefficient (Wildman–Crippen LogP) is 1.86. The molecule has 104 valence electrons. The topological polar surface area (TPSA) is 67.4 Å². The molecule has 0 aliphatic rings. The van der Waals surface area contributed by atoms with Gasteiger partial charge in [0.05, 0.1) is 13.5 Å². The van der Waals surface area contributed by atoms with Gasteiger partial charge in [-0.1, -0.05) is 12.1 Å². The van der Waals surface area contributed by atoms with Crippen molar-refractivity contribution in [2.24, 2.45) is 0 Å². The summed E-state index contributed by atoms with van der Waals surface area (Å²) in [6.07, 6.45) is 0.340. The van der Waals surface area contributed by atoms with E-state index in [1.54, 1.807) is 0 Å². The molecule has 1 rings (SSSR count). The summed E-state index contributed by atoms with van der Waals surface area (Å²) in [5.41, 5.74) is 1.82. The Bertz CT molecular complexity index is 446. The Morgan fingerprint density at radius 3 is 2.74 bits per heavy atom. The van der Waals surface area contributed by atoms with Crippen LogP contribution < -0.4 is 10.6 Å². The molecular formula is C14H20N2O3. The molecule has 1 atom stereocenters. The highest BCUT2D eigenvalue weighted by atomic mass is 16.5. The number of carbonyl (C=O) groups excluding carboxylic acids is 2. The molecule has 2 N–H and O–H groups in total. The third-order valence-corrected chi connectivity index (χ3v) is 2.71. The van der Waals surface area contributed by atoms with Crippen molar-refractivity contribution in [3.05, 3.63) is 29.8 Å². The Morgan fingerprint density at radius 2 is 2.11 bits per heavy atom. The smallest absolute Gasteiger partial charge is 0.306 e. The maximum absolute atomic E-state index is 11.0. The molecule has 19 heavy (non-hydrogen) atoms. The maximum Gasteiger partial charge on any atom is 0.306 e. The number of hydrogen-bond donors (Lipinski definition) is 2. The Kier molecular flexibility index (Phi) is 6.02. The van der Waals surface area contributed by atoms with Crippen molar-refractivity contribution in [2.75, 3.05) is 19.0 Å². The van der Waals surface area contributed by atoms with Crippen LogP contribution in [0.25, 0.3) is 0 Å². The molecule has 1 aromatic rings. The Hall–Kier alpha value is -1.88. The summed E-state index contributed by atoms with van der Waals surface area (Å²) in [4.78, 5) is 22.0. The fourth-order valence-electron chi connectivity index (χ4n) is 1.70. The summed E-state index contributed by atoms with van der Waals surface area (Å²) < 4.78 is 4.57. The van der Waals surface area contributed by atoms with E-state index in [1.807, 2.05) is 31.2 Å². The molecule has 0 bridgehead atoms. The van der Waals surface area contributed by atoms with Gasteiger partial charge in [-0.15, -0.1) is 0 Å². The third-order valence-electron chi connectivity index (χ3n) is 2.71. The van der Waals surface area contributed by atoms with Crippen molar-refractivity contribution < 1.29 is 14.3 Å². The molecule has 0 aliphatic carbocycles. The average Bonchev–Trinajstić information content (AvgIpc) is 2.37. The second kappa shape index (κ2) is 7.53. The molecule has 5 heteroatoms. The predicted molar refractivity (Wildman–Crippen MR) is 73.8 cm³/mol. The van der Waals surface area contributed by atoms with Crippen molar-refractivity contribution in [1.29, 1.82) is 0 Å². The van der Waals surface area contributed by atoms with Crippen molar-refractivity contribution in [2.45, 2.75) is 26.3 Å². The van der Waals surface area contributed by atoms with Crippen LogP contribution in [0.2, 0.25) is 0 Å². The summed E-state index contributed by atoms with van der Waals surface area (Å²) in [6, 6.07) is 7.71. The number of anilines is 1. The summed E-state index contributed by atoms with van der Waals surface area (Å²) in [5.74, 6) is -0.324. The minimum absolute atomic E-state index is 0.0940. The van der Waals surface area contributed by atoms with Gasteiger partial charge in [0.2, 0.25) is 5.91 Å². The maximum atomic E-state index is 11.0.